The van der Waals surface area contributed by atoms with Crippen molar-refractivity contribution in [3.05, 3.63) is 20.9 Å². The largest absolute Gasteiger partial charge is 0.574 e. The van der Waals surface area contributed by atoms with Crippen LogP contribution in [0, 0.1) is 3.57 Å². The molecule has 1 heterocycles. The molecule has 1 aromatic rings. The number of alkyl halides is 6. The van der Waals surface area contributed by atoms with E-state index in [0.717, 1.165) is 0 Å². The molecule has 1 aromatic heterocycles. The Balaban J connectivity index is 3.57. The van der Waals surface area contributed by atoms with Gasteiger partial charge in [-0.2, -0.15) is 13.2 Å². The van der Waals surface area contributed by atoms with E-state index in [4.69, 9.17) is 5.11 Å². The highest BCUT2D eigenvalue weighted by Gasteiger charge is 2.44. The molecule has 0 aliphatic carbocycles. The molecule has 0 saturated carbocycles. The fourth-order valence-corrected chi connectivity index (χ4v) is 1.77. The number of ether oxygens (including phenoxy) is 1. The van der Waals surface area contributed by atoms with Crippen LogP contribution in [-0.4, -0.2) is 22.4 Å². The van der Waals surface area contributed by atoms with Crippen LogP contribution in [0.5, 0.6) is 5.88 Å². The van der Waals surface area contributed by atoms with E-state index in [1.54, 1.807) is 0 Å². The fraction of sp³-hybridized carbons (Fsp3) is 0.250. The highest BCUT2D eigenvalue weighted by atomic mass is 127. The number of hydrogen-bond acceptors (Lipinski definition) is 3. The summed E-state index contributed by atoms with van der Waals surface area (Å²) in [5, 5.41) is 8.66. The lowest BCUT2D eigenvalue weighted by Crippen LogP contribution is -2.23. The predicted molar refractivity (Wildman–Crippen MR) is 55.6 cm³/mol. The van der Waals surface area contributed by atoms with Crippen LogP contribution in [0.4, 0.5) is 26.3 Å². The molecule has 0 atom stereocenters. The molecule has 106 valence electrons. The van der Waals surface area contributed by atoms with Gasteiger partial charge in [-0.15, -0.1) is 13.2 Å². The molecule has 0 aliphatic heterocycles. The van der Waals surface area contributed by atoms with Crippen molar-refractivity contribution in [1.29, 1.82) is 0 Å². The van der Waals surface area contributed by atoms with Crippen LogP contribution in [0.3, 0.4) is 0 Å². The summed E-state index contributed by atoms with van der Waals surface area (Å²) in [6, 6.07) is 0. The van der Waals surface area contributed by atoms with Gasteiger partial charge in [0.15, 0.2) is 0 Å². The second kappa shape index (κ2) is 5.02. The first kappa shape index (κ1) is 15.8. The fourth-order valence-electron chi connectivity index (χ4n) is 1.13. The average molecular weight is 401 g/mol. The van der Waals surface area contributed by atoms with Crippen LogP contribution in [0.15, 0.2) is 6.20 Å². The van der Waals surface area contributed by atoms with E-state index < -0.39 is 39.1 Å². The molecule has 0 fully saturated rings. The molecule has 11 heteroatoms. The van der Waals surface area contributed by atoms with Crippen LogP contribution in [0.25, 0.3) is 0 Å². The molecule has 0 radical (unpaired) electrons. The first-order valence-corrected chi connectivity index (χ1v) is 5.26. The third-order valence-electron chi connectivity index (χ3n) is 1.71. The minimum atomic E-state index is -5.42. The van der Waals surface area contributed by atoms with E-state index >= 15 is 0 Å². The van der Waals surface area contributed by atoms with E-state index in [-0.39, 0.29) is 0 Å². The molecule has 0 aromatic carbocycles. The molecule has 0 amide bonds. The van der Waals surface area contributed by atoms with Gasteiger partial charge in [0.25, 0.3) is 0 Å². The topological polar surface area (TPSA) is 59.4 Å². The third kappa shape index (κ3) is 3.84. The van der Waals surface area contributed by atoms with Crippen molar-refractivity contribution in [2.45, 2.75) is 12.5 Å². The van der Waals surface area contributed by atoms with Crippen molar-refractivity contribution in [2.24, 2.45) is 0 Å². The summed E-state index contributed by atoms with van der Waals surface area (Å²) in [6.45, 7) is 0. The van der Waals surface area contributed by atoms with Gasteiger partial charge in [0.05, 0.1) is 5.56 Å². The molecular formula is C8H2F6INO3. The Morgan fingerprint density at radius 2 is 1.79 bits per heavy atom. The van der Waals surface area contributed by atoms with Crippen LogP contribution >= 0.6 is 22.6 Å². The first-order chi connectivity index (χ1) is 8.43. The van der Waals surface area contributed by atoms with E-state index in [2.05, 4.69) is 9.72 Å². The zero-order chi connectivity index (χ0) is 15.0. The molecule has 0 saturated heterocycles. The van der Waals surface area contributed by atoms with Gasteiger partial charge in [0.1, 0.15) is 5.56 Å². The number of nitrogens with zero attached hydrogens (tertiary/aromatic N) is 1. The second-order valence-electron chi connectivity index (χ2n) is 3.01. The maximum absolute atomic E-state index is 12.7. The lowest BCUT2D eigenvalue weighted by Gasteiger charge is -2.16. The maximum atomic E-state index is 12.7. The van der Waals surface area contributed by atoms with Gasteiger partial charge in [0.2, 0.25) is 5.88 Å². The maximum Gasteiger partial charge on any atom is 0.574 e. The van der Waals surface area contributed by atoms with Gasteiger partial charge >= 0.3 is 18.5 Å². The normalized spacial score (nSPS) is 12.4. The van der Waals surface area contributed by atoms with Gasteiger partial charge in [-0.1, -0.05) is 0 Å². The van der Waals surface area contributed by atoms with Crippen molar-refractivity contribution < 1.29 is 41.0 Å². The highest BCUT2D eigenvalue weighted by molar-refractivity contribution is 14.1. The zero-order valence-corrected chi connectivity index (χ0v) is 10.6. The van der Waals surface area contributed by atoms with Crippen LogP contribution < -0.4 is 4.74 Å². The SMILES string of the molecule is O=C(O)c1c(I)cnc(OC(F)(F)F)c1C(F)(F)F. The highest BCUT2D eigenvalue weighted by Crippen LogP contribution is 2.40. The van der Waals surface area contributed by atoms with Crippen molar-refractivity contribution in [1.82, 2.24) is 4.98 Å². The number of carboxylic acid groups (broad SMARTS) is 1. The van der Waals surface area contributed by atoms with E-state index in [1.165, 1.54) is 22.6 Å². The Morgan fingerprint density at radius 3 is 2.16 bits per heavy atom. The quantitative estimate of drug-likeness (QED) is 0.611. The average Bonchev–Trinajstić information content (AvgIpc) is 2.15. The molecule has 19 heavy (non-hydrogen) atoms. The Morgan fingerprint density at radius 1 is 1.26 bits per heavy atom. The van der Waals surface area contributed by atoms with Gasteiger partial charge < -0.3 is 9.84 Å². The molecular weight excluding hydrogens is 399 g/mol. The molecule has 1 N–H and O–H groups in total. The van der Waals surface area contributed by atoms with E-state index in [1.807, 2.05) is 0 Å². The lowest BCUT2D eigenvalue weighted by molar-refractivity contribution is -0.277. The summed E-state index contributed by atoms with van der Waals surface area (Å²) >= 11 is 1.22. The van der Waals surface area contributed by atoms with Gasteiger partial charge in [0, 0.05) is 9.77 Å². The number of halogens is 7. The minimum Gasteiger partial charge on any atom is -0.478 e. The zero-order valence-electron chi connectivity index (χ0n) is 8.43. The number of hydrogen-bond donors (Lipinski definition) is 1. The number of carbonyl (C=O) groups is 1. The van der Waals surface area contributed by atoms with Gasteiger partial charge in [-0.25, -0.2) is 9.78 Å². The number of aromatic nitrogens is 1. The summed E-state index contributed by atoms with van der Waals surface area (Å²) < 4.78 is 76.5. The number of carboxylic acids is 1. The Labute approximate surface area is 114 Å². The smallest absolute Gasteiger partial charge is 0.478 e. The minimum absolute atomic E-state index is 0.466. The molecule has 0 bridgehead atoms. The van der Waals surface area contributed by atoms with Crippen molar-refractivity contribution >= 4 is 28.6 Å². The first-order valence-electron chi connectivity index (χ1n) is 4.18. The molecule has 1 rings (SSSR count). The summed E-state index contributed by atoms with van der Waals surface area (Å²) in [7, 11) is 0. The predicted octanol–water partition coefficient (Wildman–Crippen LogP) is 3.30. The van der Waals surface area contributed by atoms with E-state index in [9.17, 15) is 31.1 Å². The lowest BCUT2D eigenvalue weighted by atomic mass is 10.1. The number of rotatable bonds is 2. The number of aromatic carboxylic acids is 1. The van der Waals surface area contributed by atoms with Crippen molar-refractivity contribution in [2.75, 3.05) is 0 Å². The summed E-state index contributed by atoms with van der Waals surface area (Å²) in [5.41, 5.74) is -3.42. The Kier molecular flexibility index (Phi) is 4.17. The monoisotopic (exact) mass is 401 g/mol. The van der Waals surface area contributed by atoms with Crippen LogP contribution in [-0.2, 0) is 6.18 Å². The third-order valence-corrected chi connectivity index (χ3v) is 2.53. The standard InChI is InChI=1S/C8H2F6INO3/c9-7(10,11)4-3(6(17)18)2(15)1-16-5(4)19-8(12,13)14/h1H,(H,17,18). The molecule has 4 nitrogen and oxygen atoms in total. The van der Waals surface area contributed by atoms with Crippen molar-refractivity contribution in [3.8, 4) is 5.88 Å². The summed E-state index contributed by atoms with van der Waals surface area (Å²) in [4.78, 5) is 13.6. The van der Waals surface area contributed by atoms with Crippen LogP contribution in [0.2, 0.25) is 0 Å². The Hall–Kier alpha value is -1.27. The van der Waals surface area contributed by atoms with Crippen molar-refractivity contribution in [3.63, 3.8) is 0 Å². The molecule has 0 aliphatic rings. The van der Waals surface area contributed by atoms with Gasteiger partial charge in [-0.05, 0) is 22.6 Å². The van der Waals surface area contributed by atoms with Gasteiger partial charge in [-0.3, -0.25) is 0 Å². The summed E-state index contributed by atoms with van der Waals surface area (Å²) in [5.74, 6) is -3.89. The molecule has 0 unspecified atom stereocenters. The summed E-state index contributed by atoms with van der Waals surface area (Å²) in [6.07, 6.45) is -10.2. The van der Waals surface area contributed by atoms with Crippen LogP contribution in [0.1, 0.15) is 15.9 Å². The van der Waals surface area contributed by atoms with E-state index in [0.29, 0.717) is 6.20 Å². The molecule has 0 spiro atoms. The Bertz CT molecular complexity index is 512. The second-order valence-corrected chi connectivity index (χ2v) is 4.17. The number of pyridine rings is 1.